The molecule has 4 nitrogen and oxygen atoms in total. The van der Waals surface area contributed by atoms with Crippen LogP contribution < -0.4 is 14.4 Å². The summed E-state index contributed by atoms with van der Waals surface area (Å²) in [5.41, 5.74) is 3.77. The molecule has 1 fully saturated rings. The molecule has 32 heavy (non-hydrogen) atoms. The minimum absolute atomic E-state index is 0.0388. The molecule has 1 saturated heterocycles. The smallest absolute Gasteiger partial charge is 0.268 e. The fourth-order valence-corrected chi connectivity index (χ4v) is 4.00. The standard InChI is InChI=1S/C26H26FNO3S/c1-18-17-22(9-12-24(18)30-15-16-32-2)28-14-13-25(26(28)29)31-23-10-5-20(6-11-23)19-3-7-21(27)8-4-19/h3-12,17,25H,13-16H2,1-2H3. The van der Waals surface area contributed by atoms with Gasteiger partial charge in [0.1, 0.15) is 17.3 Å². The Hall–Kier alpha value is -2.99. The molecule has 1 heterocycles. The number of halogens is 1. The van der Waals surface area contributed by atoms with E-state index >= 15 is 0 Å². The highest BCUT2D eigenvalue weighted by Gasteiger charge is 2.34. The number of amides is 1. The summed E-state index contributed by atoms with van der Waals surface area (Å²) in [4.78, 5) is 14.7. The number of anilines is 1. The first-order chi connectivity index (χ1) is 15.5. The zero-order chi connectivity index (χ0) is 22.5. The summed E-state index contributed by atoms with van der Waals surface area (Å²) in [7, 11) is 0. The van der Waals surface area contributed by atoms with Gasteiger partial charge in [0.15, 0.2) is 6.10 Å². The molecule has 1 amide bonds. The average molecular weight is 452 g/mol. The van der Waals surface area contributed by atoms with Crippen molar-refractivity contribution in [3.05, 3.63) is 78.1 Å². The Labute approximate surface area is 192 Å². The van der Waals surface area contributed by atoms with Gasteiger partial charge in [-0.2, -0.15) is 11.8 Å². The molecular formula is C26H26FNO3S. The minimum atomic E-state index is -0.510. The number of nitrogens with zero attached hydrogens (tertiary/aromatic N) is 1. The highest BCUT2D eigenvalue weighted by molar-refractivity contribution is 7.98. The van der Waals surface area contributed by atoms with Crippen LogP contribution in [0.2, 0.25) is 0 Å². The third-order valence-corrected chi connectivity index (χ3v) is 6.06. The van der Waals surface area contributed by atoms with Gasteiger partial charge in [-0.15, -0.1) is 0 Å². The van der Waals surface area contributed by atoms with Crippen LogP contribution in [0.3, 0.4) is 0 Å². The molecule has 0 bridgehead atoms. The third kappa shape index (κ3) is 5.07. The van der Waals surface area contributed by atoms with E-state index in [1.54, 1.807) is 28.8 Å². The van der Waals surface area contributed by atoms with Crippen LogP contribution in [0.4, 0.5) is 10.1 Å². The maximum absolute atomic E-state index is 13.1. The van der Waals surface area contributed by atoms with E-state index < -0.39 is 6.10 Å². The summed E-state index contributed by atoms with van der Waals surface area (Å²) >= 11 is 1.75. The van der Waals surface area contributed by atoms with Crippen LogP contribution in [0, 0.1) is 12.7 Å². The molecule has 0 radical (unpaired) electrons. The van der Waals surface area contributed by atoms with Gasteiger partial charge in [0.2, 0.25) is 0 Å². The highest BCUT2D eigenvalue weighted by Crippen LogP contribution is 2.30. The van der Waals surface area contributed by atoms with Crippen LogP contribution in [0.1, 0.15) is 12.0 Å². The third-order valence-electron chi connectivity index (χ3n) is 5.48. The van der Waals surface area contributed by atoms with Gasteiger partial charge < -0.3 is 14.4 Å². The van der Waals surface area contributed by atoms with Crippen LogP contribution in [0.5, 0.6) is 11.5 Å². The normalized spacial score (nSPS) is 15.8. The SMILES string of the molecule is CSCCOc1ccc(N2CCC(Oc3ccc(-c4ccc(F)cc4)cc3)C2=O)cc1C. The molecule has 0 spiro atoms. The predicted octanol–water partition coefficient (Wildman–Crippen LogP) is 5.73. The van der Waals surface area contributed by atoms with E-state index in [-0.39, 0.29) is 11.7 Å². The summed E-state index contributed by atoms with van der Waals surface area (Å²) in [6, 6.07) is 19.7. The Morgan fingerprint density at radius 3 is 2.38 bits per heavy atom. The zero-order valence-electron chi connectivity index (χ0n) is 18.2. The number of ether oxygens (including phenoxy) is 2. The number of thioether (sulfide) groups is 1. The highest BCUT2D eigenvalue weighted by atomic mass is 32.2. The van der Waals surface area contributed by atoms with E-state index in [1.165, 1.54) is 12.1 Å². The second kappa shape index (κ2) is 10.1. The van der Waals surface area contributed by atoms with Crippen LogP contribution in [0.25, 0.3) is 11.1 Å². The zero-order valence-corrected chi connectivity index (χ0v) is 19.0. The van der Waals surface area contributed by atoms with Crippen LogP contribution in [-0.4, -0.2) is 37.2 Å². The monoisotopic (exact) mass is 451 g/mol. The molecule has 0 saturated carbocycles. The molecular weight excluding hydrogens is 425 g/mol. The minimum Gasteiger partial charge on any atom is -0.492 e. The van der Waals surface area contributed by atoms with Gasteiger partial charge >= 0.3 is 0 Å². The largest absolute Gasteiger partial charge is 0.492 e. The van der Waals surface area contributed by atoms with E-state index in [0.717, 1.165) is 33.9 Å². The van der Waals surface area contributed by atoms with Crippen molar-refractivity contribution in [3.8, 4) is 22.6 Å². The van der Waals surface area contributed by atoms with Gasteiger partial charge in [-0.1, -0.05) is 24.3 Å². The molecule has 0 N–H and O–H groups in total. The first kappa shape index (κ1) is 22.2. The molecule has 1 atom stereocenters. The summed E-state index contributed by atoms with van der Waals surface area (Å²) in [5, 5.41) is 0. The van der Waals surface area contributed by atoms with E-state index in [9.17, 15) is 9.18 Å². The number of carbonyl (C=O) groups excluding carboxylic acids is 1. The van der Waals surface area contributed by atoms with E-state index in [0.29, 0.717) is 25.3 Å². The molecule has 1 aliphatic heterocycles. The van der Waals surface area contributed by atoms with Gasteiger partial charge in [0, 0.05) is 24.4 Å². The molecule has 0 aliphatic carbocycles. The number of hydrogen-bond acceptors (Lipinski definition) is 4. The number of benzene rings is 3. The fraction of sp³-hybridized carbons (Fsp3) is 0.269. The number of rotatable bonds is 8. The second-order valence-electron chi connectivity index (χ2n) is 7.71. The Morgan fingerprint density at radius 2 is 1.72 bits per heavy atom. The first-order valence-corrected chi connectivity index (χ1v) is 12.0. The van der Waals surface area contributed by atoms with Crippen LogP contribution in [-0.2, 0) is 4.79 Å². The van der Waals surface area contributed by atoms with Crippen molar-refractivity contribution in [1.82, 2.24) is 0 Å². The summed E-state index contributed by atoms with van der Waals surface area (Å²) in [6.07, 6.45) is 2.17. The van der Waals surface area contributed by atoms with E-state index in [4.69, 9.17) is 9.47 Å². The van der Waals surface area contributed by atoms with E-state index in [1.807, 2.05) is 49.4 Å². The van der Waals surface area contributed by atoms with Gasteiger partial charge in [-0.3, -0.25) is 4.79 Å². The molecule has 0 aromatic heterocycles. The average Bonchev–Trinajstić information content (AvgIpc) is 3.16. The Bertz CT molecular complexity index is 1070. The van der Waals surface area contributed by atoms with Crippen molar-refractivity contribution in [2.45, 2.75) is 19.4 Å². The molecule has 6 heteroatoms. The van der Waals surface area contributed by atoms with E-state index in [2.05, 4.69) is 6.26 Å². The first-order valence-electron chi connectivity index (χ1n) is 10.6. The molecule has 3 aromatic carbocycles. The van der Waals surface area contributed by atoms with Gasteiger partial charge in [0.05, 0.1) is 6.61 Å². The van der Waals surface area contributed by atoms with Crippen molar-refractivity contribution in [3.63, 3.8) is 0 Å². The lowest BCUT2D eigenvalue weighted by Gasteiger charge is -2.19. The molecule has 1 aliphatic rings. The molecule has 4 rings (SSSR count). The van der Waals surface area contributed by atoms with Crippen molar-refractivity contribution < 1.29 is 18.7 Å². The van der Waals surface area contributed by atoms with Crippen molar-refractivity contribution in [2.75, 3.05) is 30.1 Å². The quantitative estimate of drug-likeness (QED) is 0.410. The Balaban J connectivity index is 1.39. The Kier molecular flexibility index (Phi) is 7.00. The van der Waals surface area contributed by atoms with Crippen molar-refractivity contribution in [2.24, 2.45) is 0 Å². The van der Waals surface area contributed by atoms with Crippen molar-refractivity contribution in [1.29, 1.82) is 0 Å². The van der Waals surface area contributed by atoms with Crippen LogP contribution in [0.15, 0.2) is 66.7 Å². The summed E-state index contributed by atoms with van der Waals surface area (Å²) < 4.78 is 24.9. The van der Waals surface area contributed by atoms with Gasteiger partial charge in [-0.05, 0) is 72.3 Å². The summed E-state index contributed by atoms with van der Waals surface area (Å²) in [6.45, 7) is 3.28. The Morgan fingerprint density at radius 1 is 1.03 bits per heavy atom. The second-order valence-corrected chi connectivity index (χ2v) is 8.69. The summed E-state index contributed by atoms with van der Waals surface area (Å²) in [5.74, 6) is 2.14. The fourth-order valence-electron chi connectivity index (χ4n) is 3.75. The topological polar surface area (TPSA) is 38.8 Å². The van der Waals surface area contributed by atoms with Crippen LogP contribution >= 0.6 is 11.8 Å². The van der Waals surface area contributed by atoms with Gasteiger partial charge in [0.25, 0.3) is 5.91 Å². The number of aryl methyl sites for hydroxylation is 1. The van der Waals surface area contributed by atoms with Crippen molar-refractivity contribution >= 4 is 23.4 Å². The molecule has 3 aromatic rings. The number of carbonyl (C=O) groups is 1. The van der Waals surface area contributed by atoms with Gasteiger partial charge in [-0.25, -0.2) is 4.39 Å². The lowest BCUT2D eigenvalue weighted by molar-refractivity contribution is -0.122. The molecule has 166 valence electrons. The predicted molar refractivity (Wildman–Crippen MR) is 128 cm³/mol. The number of hydrogen-bond donors (Lipinski definition) is 0. The lowest BCUT2D eigenvalue weighted by atomic mass is 10.1. The maximum Gasteiger partial charge on any atom is 0.268 e. The molecule has 1 unspecified atom stereocenters. The maximum atomic E-state index is 13.1. The lowest BCUT2D eigenvalue weighted by Crippen LogP contribution is -2.32.